The molecule has 1 aromatic carbocycles. The van der Waals surface area contributed by atoms with E-state index in [9.17, 15) is 4.79 Å². The number of aromatic nitrogens is 2. The summed E-state index contributed by atoms with van der Waals surface area (Å²) in [6, 6.07) is 9.45. The van der Waals surface area contributed by atoms with E-state index in [1.54, 1.807) is 24.8 Å². The summed E-state index contributed by atoms with van der Waals surface area (Å²) in [7, 11) is 1.62. The largest absolute Gasteiger partial charge is 0.496 e. The van der Waals surface area contributed by atoms with Gasteiger partial charge in [-0.3, -0.25) is 4.57 Å². The number of hydrogen-bond acceptors (Lipinski definition) is 3. The van der Waals surface area contributed by atoms with Crippen molar-refractivity contribution in [2.75, 3.05) is 7.11 Å². The molecule has 0 N–H and O–H groups in total. The summed E-state index contributed by atoms with van der Waals surface area (Å²) in [6.07, 6.45) is 1.75. The second-order valence-corrected chi connectivity index (χ2v) is 3.79. The van der Waals surface area contributed by atoms with E-state index in [-0.39, 0.29) is 5.69 Å². The minimum atomic E-state index is -0.240. The maximum absolute atomic E-state index is 11.7. The average molecular weight is 230 g/mol. The van der Waals surface area contributed by atoms with Gasteiger partial charge in [0.1, 0.15) is 5.75 Å². The summed E-state index contributed by atoms with van der Waals surface area (Å²) in [4.78, 5) is 15.5. The van der Waals surface area contributed by atoms with Crippen LogP contribution in [0.25, 0.3) is 0 Å². The lowest BCUT2D eigenvalue weighted by atomic mass is 10.2. The van der Waals surface area contributed by atoms with E-state index in [4.69, 9.17) is 4.74 Å². The van der Waals surface area contributed by atoms with Crippen LogP contribution in [0.15, 0.2) is 41.3 Å². The fourth-order valence-corrected chi connectivity index (χ4v) is 1.65. The monoisotopic (exact) mass is 230 g/mol. The first-order chi connectivity index (χ1) is 8.20. The molecule has 0 radical (unpaired) electrons. The Morgan fingerprint density at radius 3 is 2.76 bits per heavy atom. The zero-order valence-electron chi connectivity index (χ0n) is 9.88. The van der Waals surface area contributed by atoms with Crippen LogP contribution in [0, 0.1) is 6.92 Å². The minimum absolute atomic E-state index is 0.240. The standard InChI is InChI=1S/C13H14N2O2/c1-10-7-8-15(13(16)14-10)9-11-5-3-4-6-12(11)17-2/h3-8H,9H2,1-2H3. The van der Waals surface area contributed by atoms with Gasteiger partial charge in [0.15, 0.2) is 0 Å². The molecule has 2 aromatic rings. The second kappa shape index (κ2) is 4.82. The summed E-state index contributed by atoms with van der Waals surface area (Å²) in [6.45, 7) is 2.27. The predicted octanol–water partition coefficient (Wildman–Crippen LogP) is 1.61. The third-order valence-corrected chi connectivity index (χ3v) is 2.55. The molecule has 0 fully saturated rings. The lowest BCUT2D eigenvalue weighted by molar-refractivity contribution is 0.408. The Hall–Kier alpha value is -2.10. The van der Waals surface area contributed by atoms with Gasteiger partial charge in [0.2, 0.25) is 0 Å². The molecule has 0 bridgehead atoms. The average Bonchev–Trinajstić information content (AvgIpc) is 2.33. The van der Waals surface area contributed by atoms with Gasteiger partial charge in [0.25, 0.3) is 0 Å². The molecule has 0 unspecified atom stereocenters. The molecule has 0 atom stereocenters. The molecule has 4 heteroatoms. The van der Waals surface area contributed by atoms with Crippen LogP contribution < -0.4 is 10.4 Å². The quantitative estimate of drug-likeness (QED) is 0.804. The smallest absolute Gasteiger partial charge is 0.348 e. The first-order valence-electron chi connectivity index (χ1n) is 5.36. The molecule has 0 spiro atoms. The molecular weight excluding hydrogens is 216 g/mol. The topological polar surface area (TPSA) is 44.1 Å². The van der Waals surface area contributed by atoms with Crippen molar-refractivity contribution in [1.29, 1.82) is 0 Å². The van der Waals surface area contributed by atoms with Crippen LogP contribution >= 0.6 is 0 Å². The molecule has 0 amide bonds. The van der Waals surface area contributed by atoms with Gasteiger partial charge in [-0.25, -0.2) is 4.79 Å². The van der Waals surface area contributed by atoms with Crippen molar-refractivity contribution in [3.05, 3.63) is 58.3 Å². The van der Waals surface area contributed by atoms with Crippen molar-refractivity contribution in [1.82, 2.24) is 9.55 Å². The van der Waals surface area contributed by atoms with Crippen LogP contribution in [0.4, 0.5) is 0 Å². The minimum Gasteiger partial charge on any atom is -0.496 e. The van der Waals surface area contributed by atoms with E-state index < -0.39 is 0 Å². The molecule has 4 nitrogen and oxygen atoms in total. The first kappa shape index (κ1) is 11.4. The van der Waals surface area contributed by atoms with Crippen LogP contribution in [0.3, 0.4) is 0 Å². The molecule has 0 saturated heterocycles. The number of hydrogen-bond donors (Lipinski definition) is 0. The van der Waals surface area contributed by atoms with Gasteiger partial charge < -0.3 is 4.74 Å². The maximum atomic E-state index is 11.7. The van der Waals surface area contributed by atoms with E-state index >= 15 is 0 Å². The highest BCUT2D eigenvalue weighted by atomic mass is 16.5. The molecule has 88 valence electrons. The van der Waals surface area contributed by atoms with Crippen molar-refractivity contribution in [3.8, 4) is 5.75 Å². The highest BCUT2D eigenvalue weighted by Gasteiger charge is 2.04. The molecule has 0 aliphatic rings. The Labute approximate surface area is 99.5 Å². The van der Waals surface area contributed by atoms with E-state index in [1.807, 2.05) is 30.3 Å². The molecule has 0 saturated carbocycles. The van der Waals surface area contributed by atoms with Gasteiger partial charge in [0, 0.05) is 17.5 Å². The van der Waals surface area contributed by atoms with E-state index in [1.165, 1.54) is 0 Å². The number of para-hydroxylation sites is 1. The van der Waals surface area contributed by atoms with Gasteiger partial charge in [-0.1, -0.05) is 18.2 Å². The fourth-order valence-electron chi connectivity index (χ4n) is 1.65. The van der Waals surface area contributed by atoms with Crippen molar-refractivity contribution < 1.29 is 4.74 Å². The number of rotatable bonds is 3. The van der Waals surface area contributed by atoms with Gasteiger partial charge in [-0.15, -0.1) is 0 Å². The number of benzene rings is 1. The molecular formula is C13H14N2O2. The van der Waals surface area contributed by atoms with Crippen LogP contribution in [-0.2, 0) is 6.54 Å². The number of nitrogens with zero attached hydrogens (tertiary/aromatic N) is 2. The Balaban J connectivity index is 2.35. The van der Waals surface area contributed by atoms with Crippen molar-refractivity contribution >= 4 is 0 Å². The third-order valence-electron chi connectivity index (χ3n) is 2.55. The summed E-state index contributed by atoms with van der Waals surface area (Å²) < 4.78 is 6.81. The first-order valence-corrected chi connectivity index (χ1v) is 5.36. The Morgan fingerprint density at radius 2 is 2.06 bits per heavy atom. The highest BCUT2D eigenvalue weighted by molar-refractivity contribution is 5.33. The van der Waals surface area contributed by atoms with Crippen LogP contribution in [-0.4, -0.2) is 16.7 Å². The zero-order valence-corrected chi connectivity index (χ0v) is 9.88. The normalized spacial score (nSPS) is 10.2. The Bertz CT molecular complexity index is 576. The second-order valence-electron chi connectivity index (χ2n) is 3.79. The zero-order chi connectivity index (χ0) is 12.3. The van der Waals surface area contributed by atoms with E-state index in [0.717, 1.165) is 17.0 Å². The van der Waals surface area contributed by atoms with E-state index in [2.05, 4.69) is 4.98 Å². The van der Waals surface area contributed by atoms with Gasteiger partial charge >= 0.3 is 5.69 Å². The number of methoxy groups -OCH3 is 1. The van der Waals surface area contributed by atoms with Gasteiger partial charge in [-0.05, 0) is 19.1 Å². The van der Waals surface area contributed by atoms with Gasteiger partial charge in [0.05, 0.1) is 13.7 Å². The molecule has 0 aliphatic carbocycles. The fraction of sp³-hybridized carbons (Fsp3) is 0.231. The summed E-state index contributed by atoms with van der Waals surface area (Å²) in [5.41, 5.74) is 1.45. The highest BCUT2D eigenvalue weighted by Crippen LogP contribution is 2.17. The molecule has 1 aromatic heterocycles. The Morgan fingerprint density at radius 1 is 1.29 bits per heavy atom. The summed E-state index contributed by atoms with van der Waals surface area (Å²) in [5.74, 6) is 0.778. The van der Waals surface area contributed by atoms with Crippen molar-refractivity contribution in [2.45, 2.75) is 13.5 Å². The lowest BCUT2D eigenvalue weighted by Gasteiger charge is -2.09. The maximum Gasteiger partial charge on any atom is 0.348 e. The number of ether oxygens (including phenoxy) is 1. The van der Waals surface area contributed by atoms with Crippen LogP contribution in [0.2, 0.25) is 0 Å². The van der Waals surface area contributed by atoms with Crippen molar-refractivity contribution in [2.24, 2.45) is 0 Å². The SMILES string of the molecule is COc1ccccc1Cn1ccc(C)nc1=O. The molecule has 2 rings (SSSR count). The summed E-state index contributed by atoms with van der Waals surface area (Å²) in [5, 5.41) is 0. The van der Waals surface area contributed by atoms with Crippen LogP contribution in [0.1, 0.15) is 11.3 Å². The van der Waals surface area contributed by atoms with E-state index in [0.29, 0.717) is 6.54 Å². The molecule has 0 aliphatic heterocycles. The molecule has 1 heterocycles. The molecule has 17 heavy (non-hydrogen) atoms. The number of aryl methyl sites for hydroxylation is 1. The third kappa shape index (κ3) is 2.53. The summed E-state index contributed by atoms with van der Waals surface area (Å²) >= 11 is 0. The lowest BCUT2D eigenvalue weighted by Crippen LogP contribution is -2.23. The Kier molecular flexibility index (Phi) is 3.23. The van der Waals surface area contributed by atoms with Crippen molar-refractivity contribution in [3.63, 3.8) is 0 Å². The van der Waals surface area contributed by atoms with Crippen LogP contribution in [0.5, 0.6) is 5.75 Å². The predicted molar refractivity (Wildman–Crippen MR) is 65.3 cm³/mol. The van der Waals surface area contributed by atoms with Gasteiger partial charge in [-0.2, -0.15) is 4.98 Å².